The van der Waals surface area contributed by atoms with Gasteiger partial charge in [-0.15, -0.1) is 26.3 Å². The minimum absolute atomic E-state index is 0.0333. The van der Waals surface area contributed by atoms with Crippen molar-refractivity contribution in [3.8, 4) is 17.2 Å². The molecule has 0 aliphatic heterocycles. The van der Waals surface area contributed by atoms with E-state index in [-0.39, 0.29) is 10.7 Å². The molecule has 0 bridgehead atoms. The molecule has 0 radical (unpaired) electrons. The fraction of sp³-hybridized carbons (Fsp3) is 0.125. The lowest BCUT2D eigenvalue weighted by atomic mass is 10.3. The Morgan fingerprint density at radius 2 is 1.31 bits per heavy atom. The summed E-state index contributed by atoms with van der Waals surface area (Å²) in [4.78, 5) is -0.0333. The molecule has 13 heteroatoms. The first kappa shape index (κ1) is 20.5. The molecular formula is C16H10F6N4O2S. The van der Waals surface area contributed by atoms with Crippen molar-refractivity contribution < 1.29 is 35.8 Å². The summed E-state index contributed by atoms with van der Waals surface area (Å²) in [6, 6.07) is 9.59. The Bertz CT molecular complexity index is 1030. The molecular weight excluding hydrogens is 426 g/mol. The number of ether oxygens (including phenoxy) is 2. The summed E-state index contributed by atoms with van der Waals surface area (Å²) in [6.07, 6.45) is -9.64. The molecule has 1 aromatic heterocycles. The van der Waals surface area contributed by atoms with Gasteiger partial charge in [-0.3, -0.25) is 9.98 Å². The number of aromatic nitrogens is 2. The van der Waals surface area contributed by atoms with Crippen molar-refractivity contribution in [2.24, 2.45) is 0 Å². The van der Waals surface area contributed by atoms with Gasteiger partial charge >= 0.3 is 12.7 Å². The Morgan fingerprint density at radius 1 is 0.828 bits per heavy atom. The number of hydrogen-bond acceptors (Lipinski definition) is 6. The highest BCUT2D eigenvalue weighted by Crippen LogP contribution is 2.27. The van der Waals surface area contributed by atoms with Crippen LogP contribution in [0.25, 0.3) is 5.69 Å². The first-order valence-electron chi connectivity index (χ1n) is 7.62. The molecule has 0 saturated heterocycles. The lowest BCUT2D eigenvalue weighted by Gasteiger charge is -2.12. The number of anilines is 2. The average Bonchev–Trinajstić information content (AvgIpc) is 2.95. The zero-order valence-corrected chi connectivity index (χ0v) is 14.8. The second-order valence-electron chi connectivity index (χ2n) is 5.39. The molecule has 6 nitrogen and oxygen atoms in total. The van der Waals surface area contributed by atoms with E-state index >= 15 is 0 Å². The molecule has 2 aromatic carbocycles. The third-order valence-electron chi connectivity index (χ3n) is 3.31. The number of benzene rings is 2. The summed E-state index contributed by atoms with van der Waals surface area (Å²) in [5.74, 6) is -0.684. The maximum Gasteiger partial charge on any atom is 0.573 e. The van der Waals surface area contributed by atoms with E-state index in [1.165, 1.54) is 28.8 Å². The van der Waals surface area contributed by atoms with Crippen LogP contribution in [0.2, 0.25) is 0 Å². The van der Waals surface area contributed by atoms with Gasteiger partial charge < -0.3 is 14.8 Å². The third kappa shape index (κ3) is 5.63. The van der Waals surface area contributed by atoms with Gasteiger partial charge in [0.25, 0.3) is 0 Å². The smallest absolute Gasteiger partial charge is 0.406 e. The van der Waals surface area contributed by atoms with Crippen LogP contribution in [0.3, 0.4) is 0 Å². The van der Waals surface area contributed by atoms with E-state index in [4.69, 9.17) is 5.41 Å². The first-order chi connectivity index (χ1) is 13.5. The normalized spacial score (nSPS) is 11.9. The van der Waals surface area contributed by atoms with Crippen molar-refractivity contribution >= 4 is 23.2 Å². The highest BCUT2D eigenvalue weighted by molar-refractivity contribution is 7.03. The third-order valence-corrected chi connectivity index (χ3v) is 3.93. The fourth-order valence-corrected chi connectivity index (χ4v) is 2.82. The monoisotopic (exact) mass is 436 g/mol. The van der Waals surface area contributed by atoms with Crippen molar-refractivity contribution in [3.63, 3.8) is 0 Å². The Morgan fingerprint density at radius 3 is 1.79 bits per heavy atom. The van der Waals surface area contributed by atoms with E-state index < -0.39 is 24.2 Å². The lowest BCUT2D eigenvalue weighted by Crippen LogP contribution is -2.17. The number of alkyl halides is 6. The highest BCUT2D eigenvalue weighted by Gasteiger charge is 2.31. The van der Waals surface area contributed by atoms with Gasteiger partial charge in [0.2, 0.25) is 10.7 Å². The van der Waals surface area contributed by atoms with E-state index in [1.807, 2.05) is 0 Å². The Balaban J connectivity index is 1.80. The quantitative estimate of drug-likeness (QED) is 0.555. The van der Waals surface area contributed by atoms with Gasteiger partial charge in [0, 0.05) is 17.2 Å². The molecule has 0 atom stereocenters. The number of nitrogens with one attached hydrogen (secondary N) is 2. The van der Waals surface area contributed by atoms with E-state index in [2.05, 4.69) is 19.2 Å². The Hall–Kier alpha value is -3.22. The SMILES string of the molecule is N=c1snc(Nc2ccc(OC(F)(F)F)cc2)n1-c1ccc(OC(F)(F)F)cc1. The predicted molar refractivity (Wildman–Crippen MR) is 90.4 cm³/mol. The second kappa shape index (κ2) is 7.66. The predicted octanol–water partition coefficient (Wildman–Crippen LogP) is 4.95. The van der Waals surface area contributed by atoms with Gasteiger partial charge in [-0.2, -0.15) is 4.37 Å². The largest absolute Gasteiger partial charge is 0.573 e. The summed E-state index contributed by atoms with van der Waals surface area (Å²) >= 11 is 0.803. The minimum atomic E-state index is -4.83. The summed E-state index contributed by atoms with van der Waals surface area (Å²) < 4.78 is 86.3. The minimum Gasteiger partial charge on any atom is -0.406 e. The number of rotatable bonds is 5. The molecule has 29 heavy (non-hydrogen) atoms. The molecule has 0 fully saturated rings. The highest BCUT2D eigenvalue weighted by atomic mass is 32.1. The topological polar surface area (TPSA) is 72.2 Å². The van der Waals surface area contributed by atoms with Crippen LogP contribution in [0, 0.1) is 5.41 Å². The standard InChI is InChI=1S/C16H10F6N4O2S/c17-15(18,19)27-11-5-1-9(2-6-11)24-14-25-29-13(23)26(14)10-3-7-12(8-4-10)28-16(20,21)22/h1-8,23H,(H,24,25). The molecule has 0 amide bonds. The molecule has 3 aromatic rings. The van der Waals surface area contributed by atoms with Crippen molar-refractivity contribution in [3.05, 3.63) is 53.3 Å². The number of halogens is 6. The molecule has 154 valence electrons. The first-order valence-corrected chi connectivity index (χ1v) is 8.40. The van der Waals surface area contributed by atoms with E-state index in [0.717, 1.165) is 35.8 Å². The van der Waals surface area contributed by atoms with E-state index in [9.17, 15) is 26.3 Å². The Labute approximate surface area is 162 Å². The van der Waals surface area contributed by atoms with Crippen LogP contribution in [-0.4, -0.2) is 21.7 Å². The van der Waals surface area contributed by atoms with Crippen LogP contribution in [-0.2, 0) is 0 Å². The van der Waals surface area contributed by atoms with Gasteiger partial charge in [-0.05, 0) is 48.5 Å². The summed E-state index contributed by atoms with van der Waals surface area (Å²) in [6.45, 7) is 0. The van der Waals surface area contributed by atoms with E-state index in [1.54, 1.807) is 0 Å². The summed E-state index contributed by atoms with van der Waals surface area (Å²) in [5, 5.41) is 10.8. The van der Waals surface area contributed by atoms with E-state index in [0.29, 0.717) is 11.4 Å². The van der Waals surface area contributed by atoms with Crippen molar-refractivity contribution in [1.82, 2.24) is 8.94 Å². The van der Waals surface area contributed by atoms with Crippen molar-refractivity contribution in [2.45, 2.75) is 12.7 Å². The van der Waals surface area contributed by atoms with Crippen LogP contribution < -0.4 is 19.6 Å². The summed E-state index contributed by atoms with van der Waals surface area (Å²) in [7, 11) is 0. The fourth-order valence-electron chi connectivity index (χ4n) is 2.25. The van der Waals surface area contributed by atoms with Crippen LogP contribution in [0.4, 0.5) is 38.0 Å². The van der Waals surface area contributed by atoms with Gasteiger partial charge in [0.15, 0.2) is 0 Å². The van der Waals surface area contributed by atoms with Crippen LogP contribution in [0.5, 0.6) is 11.5 Å². The van der Waals surface area contributed by atoms with Crippen LogP contribution >= 0.6 is 11.5 Å². The number of hydrogen-bond donors (Lipinski definition) is 2. The van der Waals surface area contributed by atoms with Gasteiger partial charge in [0.05, 0.1) is 5.69 Å². The van der Waals surface area contributed by atoms with Gasteiger partial charge in [0.1, 0.15) is 11.5 Å². The van der Waals surface area contributed by atoms with Crippen molar-refractivity contribution in [2.75, 3.05) is 5.32 Å². The molecule has 0 spiro atoms. The molecule has 0 aliphatic rings. The summed E-state index contributed by atoms with van der Waals surface area (Å²) in [5.41, 5.74) is 0.688. The molecule has 0 saturated carbocycles. The molecule has 3 rings (SSSR count). The lowest BCUT2D eigenvalue weighted by molar-refractivity contribution is -0.275. The second-order valence-corrected chi connectivity index (χ2v) is 6.14. The van der Waals surface area contributed by atoms with Gasteiger partial charge in [-0.25, -0.2) is 0 Å². The molecule has 1 heterocycles. The van der Waals surface area contributed by atoms with Crippen LogP contribution in [0.1, 0.15) is 0 Å². The zero-order chi connectivity index (χ0) is 21.2. The molecule has 0 aliphatic carbocycles. The Kier molecular flexibility index (Phi) is 5.42. The number of nitrogens with zero attached hydrogens (tertiary/aromatic N) is 2. The average molecular weight is 436 g/mol. The molecule has 2 N–H and O–H groups in total. The molecule has 0 unspecified atom stereocenters. The zero-order valence-electron chi connectivity index (χ0n) is 14.0. The maximum absolute atomic E-state index is 12.3. The van der Waals surface area contributed by atoms with Crippen LogP contribution in [0.15, 0.2) is 48.5 Å². The maximum atomic E-state index is 12.3. The van der Waals surface area contributed by atoms with Gasteiger partial charge in [-0.1, -0.05) is 0 Å². The van der Waals surface area contributed by atoms with Crippen molar-refractivity contribution in [1.29, 1.82) is 5.41 Å².